The molecule has 8 aromatic carbocycles. The van der Waals surface area contributed by atoms with E-state index in [0.717, 1.165) is 49.9 Å². The van der Waals surface area contributed by atoms with E-state index in [1.807, 2.05) is 18.2 Å². The quantitative estimate of drug-likeness (QED) is 0.185. The molecule has 1 aliphatic carbocycles. The van der Waals surface area contributed by atoms with Crippen LogP contribution < -0.4 is 0 Å². The SMILES string of the molecule is CC1(C)c2cc(-c3ccc4c5cc(-c6cccc7c6oc6ccccc67)ccc5n(-c5ccccc5)c4c3)ccc2-c2ccc3oc4ccccc4c3c21. The predicted molar refractivity (Wildman–Crippen MR) is 224 cm³/mol. The lowest BCUT2D eigenvalue weighted by Gasteiger charge is -2.23. The highest BCUT2D eigenvalue weighted by molar-refractivity contribution is 6.14. The first-order chi connectivity index (χ1) is 26.5. The Bertz CT molecular complexity index is 3350. The van der Waals surface area contributed by atoms with Crippen molar-refractivity contribution in [3.8, 4) is 39.1 Å². The van der Waals surface area contributed by atoms with Gasteiger partial charge in [-0.2, -0.15) is 0 Å². The van der Waals surface area contributed by atoms with Crippen molar-refractivity contribution >= 4 is 65.7 Å². The van der Waals surface area contributed by atoms with Crippen LogP contribution in [0.15, 0.2) is 173 Å². The molecule has 0 saturated heterocycles. The molecule has 0 atom stereocenters. The van der Waals surface area contributed by atoms with Gasteiger partial charge in [0.05, 0.1) is 11.0 Å². The average Bonchev–Trinajstić information content (AvgIpc) is 3.94. The summed E-state index contributed by atoms with van der Waals surface area (Å²) in [4.78, 5) is 0. The Morgan fingerprint density at radius 2 is 1.13 bits per heavy atom. The van der Waals surface area contributed by atoms with E-state index in [-0.39, 0.29) is 5.41 Å². The predicted octanol–water partition coefficient (Wildman–Crippen LogP) is 14.2. The number of furan rings is 2. The summed E-state index contributed by atoms with van der Waals surface area (Å²) in [6.45, 7) is 4.73. The molecule has 3 nitrogen and oxygen atoms in total. The molecule has 254 valence electrons. The summed E-state index contributed by atoms with van der Waals surface area (Å²) < 4.78 is 15.2. The van der Waals surface area contributed by atoms with Gasteiger partial charge in [-0.15, -0.1) is 0 Å². The van der Waals surface area contributed by atoms with Gasteiger partial charge in [0.25, 0.3) is 0 Å². The molecule has 0 unspecified atom stereocenters. The van der Waals surface area contributed by atoms with Crippen molar-refractivity contribution in [3.05, 3.63) is 175 Å². The third-order valence-corrected chi connectivity index (χ3v) is 12.0. The molecule has 3 aromatic heterocycles. The van der Waals surface area contributed by atoms with Crippen LogP contribution in [0.25, 0.3) is 105 Å². The lowest BCUT2D eigenvalue weighted by atomic mass is 9.80. The second-order valence-corrected chi connectivity index (χ2v) is 15.3. The molecule has 0 amide bonds. The topological polar surface area (TPSA) is 31.2 Å². The minimum absolute atomic E-state index is 0.199. The third kappa shape index (κ3) is 3.96. The van der Waals surface area contributed by atoms with E-state index in [0.29, 0.717) is 0 Å². The number of aromatic nitrogens is 1. The highest BCUT2D eigenvalue weighted by atomic mass is 16.3. The fourth-order valence-corrected chi connectivity index (χ4v) is 9.50. The van der Waals surface area contributed by atoms with E-state index in [1.165, 1.54) is 66.0 Å². The van der Waals surface area contributed by atoms with Crippen molar-refractivity contribution in [2.45, 2.75) is 19.3 Å². The molecule has 54 heavy (non-hydrogen) atoms. The molecule has 0 radical (unpaired) electrons. The van der Waals surface area contributed by atoms with Gasteiger partial charge in [0.1, 0.15) is 22.3 Å². The van der Waals surface area contributed by atoms with Crippen LogP contribution in [0, 0.1) is 0 Å². The summed E-state index contributed by atoms with van der Waals surface area (Å²) in [7, 11) is 0. The van der Waals surface area contributed by atoms with E-state index < -0.39 is 0 Å². The molecule has 0 fully saturated rings. The van der Waals surface area contributed by atoms with Crippen molar-refractivity contribution < 1.29 is 8.83 Å². The van der Waals surface area contributed by atoms with Gasteiger partial charge in [0.15, 0.2) is 0 Å². The summed E-state index contributed by atoms with van der Waals surface area (Å²) in [5.74, 6) is 0. The summed E-state index contributed by atoms with van der Waals surface area (Å²) in [6, 6.07) is 59.2. The smallest absolute Gasteiger partial charge is 0.143 e. The Kier molecular flexibility index (Phi) is 5.84. The zero-order valence-corrected chi connectivity index (χ0v) is 29.9. The second kappa shape index (κ2) is 10.6. The zero-order chi connectivity index (χ0) is 35.7. The Hall–Kier alpha value is -6.84. The van der Waals surface area contributed by atoms with Gasteiger partial charge in [0, 0.05) is 49.0 Å². The van der Waals surface area contributed by atoms with Crippen LogP contribution in [-0.4, -0.2) is 4.57 Å². The Morgan fingerprint density at radius 1 is 0.426 bits per heavy atom. The molecular weight excluding hydrogens is 659 g/mol. The summed E-state index contributed by atoms with van der Waals surface area (Å²) >= 11 is 0. The summed E-state index contributed by atoms with van der Waals surface area (Å²) in [5.41, 5.74) is 17.0. The van der Waals surface area contributed by atoms with E-state index >= 15 is 0 Å². The van der Waals surface area contributed by atoms with Crippen LogP contribution in [-0.2, 0) is 5.41 Å². The Morgan fingerprint density at radius 3 is 2.00 bits per heavy atom. The van der Waals surface area contributed by atoms with Gasteiger partial charge in [-0.3, -0.25) is 0 Å². The number of rotatable bonds is 3. The second-order valence-electron chi connectivity index (χ2n) is 15.3. The summed E-state index contributed by atoms with van der Waals surface area (Å²) in [5, 5.41) is 7.14. The molecule has 3 heterocycles. The van der Waals surface area contributed by atoms with Gasteiger partial charge in [-0.05, 0) is 93.5 Å². The normalized spacial score (nSPS) is 13.5. The number of benzene rings is 8. The van der Waals surface area contributed by atoms with E-state index in [2.05, 4.69) is 164 Å². The minimum Gasteiger partial charge on any atom is -0.456 e. The molecule has 1 aliphatic rings. The number of para-hydroxylation sites is 4. The lowest BCUT2D eigenvalue weighted by Crippen LogP contribution is -2.15. The van der Waals surface area contributed by atoms with E-state index in [1.54, 1.807) is 0 Å². The van der Waals surface area contributed by atoms with Crippen LogP contribution in [0.1, 0.15) is 25.0 Å². The molecule has 0 N–H and O–H groups in total. The van der Waals surface area contributed by atoms with Crippen LogP contribution >= 0.6 is 0 Å². The highest BCUT2D eigenvalue weighted by Gasteiger charge is 2.38. The minimum atomic E-state index is -0.199. The van der Waals surface area contributed by atoms with Crippen molar-refractivity contribution in [1.29, 1.82) is 0 Å². The number of fused-ring (bicyclic) bond motifs is 13. The maximum atomic E-state index is 6.47. The molecular formula is C51H33NO2. The standard InChI is InChI=1S/C51H33NO2/c1-51(2)42-28-30(19-22-35(42)38-24-26-47-48(49(38)51)40-14-7-9-18-46(40)53-47)31-20-23-36-41-27-32(21-25-43(41)52(44(36)29-31)33-11-4-3-5-12-33)34-15-10-16-39-37-13-6-8-17-45(37)54-50(34)39/h3-29H,1-2H3. The van der Waals surface area contributed by atoms with Crippen molar-refractivity contribution in [2.24, 2.45) is 0 Å². The summed E-state index contributed by atoms with van der Waals surface area (Å²) in [6.07, 6.45) is 0. The van der Waals surface area contributed by atoms with Crippen molar-refractivity contribution in [1.82, 2.24) is 4.57 Å². The van der Waals surface area contributed by atoms with Gasteiger partial charge in [0.2, 0.25) is 0 Å². The van der Waals surface area contributed by atoms with Crippen molar-refractivity contribution in [3.63, 3.8) is 0 Å². The van der Waals surface area contributed by atoms with Crippen LogP contribution in [0.4, 0.5) is 0 Å². The van der Waals surface area contributed by atoms with Crippen LogP contribution in [0.5, 0.6) is 0 Å². The first-order valence-electron chi connectivity index (χ1n) is 18.7. The molecule has 0 aliphatic heterocycles. The number of nitrogens with zero attached hydrogens (tertiary/aromatic N) is 1. The monoisotopic (exact) mass is 691 g/mol. The molecule has 0 spiro atoms. The molecule has 0 saturated carbocycles. The molecule has 0 bridgehead atoms. The first kappa shape index (κ1) is 29.7. The zero-order valence-electron chi connectivity index (χ0n) is 29.9. The number of hydrogen-bond donors (Lipinski definition) is 0. The van der Waals surface area contributed by atoms with Gasteiger partial charge in [-0.1, -0.05) is 123 Å². The van der Waals surface area contributed by atoms with E-state index in [9.17, 15) is 0 Å². The van der Waals surface area contributed by atoms with Crippen LogP contribution in [0.3, 0.4) is 0 Å². The number of hydrogen-bond acceptors (Lipinski definition) is 2. The van der Waals surface area contributed by atoms with Gasteiger partial charge < -0.3 is 13.4 Å². The fraction of sp³-hybridized carbons (Fsp3) is 0.0588. The van der Waals surface area contributed by atoms with Gasteiger partial charge >= 0.3 is 0 Å². The lowest BCUT2D eigenvalue weighted by molar-refractivity contribution is 0.657. The Balaban J connectivity index is 1.04. The van der Waals surface area contributed by atoms with Crippen molar-refractivity contribution in [2.75, 3.05) is 0 Å². The average molecular weight is 692 g/mol. The molecule has 3 heteroatoms. The van der Waals surface area contributed by atoms with E-state index in [4.69, 9.17) is 8.83 Å². The maximum Gasteiger partial charge on any atom is 0.143 e. The molecule has 12 rings (SSSR count). The third-order valence-electron chi connectivity index (χ3n) is 12.0. The molecule has 11 aromatic rings. The first-order valence-corrected chi connectivity index (χ1v) is 18.7. The van der Waals surface area contributed by atoms with Gasteiger partial charge in [-0.25, -0.2) is 0 Å². The maximum absolute atomic E-state index is 6.47. The largest absolute Gasteiger partial charge is 0.456 e. The van der Waals surface area contributed by atoms with Crippen LogP contribution in [0.2, 0.25) is 0 Å². The fourth-order valence-electron chi connectivity index (χ4n) is 9.50. The highest BCUT2D eigenvalue weighted by Crippen LogP contribution is 2.54. The Labute approximate surface area is 311 Å².